The van der Waals surface area contributed by atoms with Crippen LogP contribution in [0.2, 0.25) is 0 Å². The standard InChI is InChI=1S/2C8H14O2S2.C2H4O2.Cu/c2*9-8(10)4-2-1-3-7-5-6-11-12-7;1-2(3)4;/h2*7H,1-6H2,(H,9,10);1H3,(H,3,4);/q;;;+2. The van der Waals surface area contributed by atoms with Crippen LogP contribution >= 0.6 is 43.2 Å². The Kier molecular flexibility index (Phi) is 23.4. The molecule has 2 heterocycles. The minimum absolute atomic E-state index is 0. The van der Waals surface area contributed by atoms with Gasteiger partial charge in [0, 0.05) is 41.8 Å². The molecule has 0 aliphatic carbocycles. The van der Waals surface area contributed by atoms with Gasteiger partial charge < -0.3 is 15.3 Å². The first kappa shape index (κ1) is 31.5. The zero-order valence-electron chi connectivity index (χ0n) is 16.6. The van der Waals surface area contributed by atoms with E-state index in [0.29, 0.717) is 12.8 Å². The number of aliphatic carboxylic acids is 3. The van der Waals surface area contributed by atoms with Crippen LogP contribution in [-0.4, -0.2) is 55.2 Å². The zero-order valence-corrected chi connectivity index (χ0v) is 20.8. The molecule has 0 aromatic carbocycles. The van der Waals surface area contributed by atoms with Crippen molar-refractivity contribution in [3.63, 3.8) is 0 Å². The molecule has 2 saturated heterocycles. The number of rotatable bonds is 10. The number of carboxylic acids is 3. The van der Waals surface area contributed by atoms with Crippen molar-refractivity contribution in [2.45, 2.75) is 81.6 Å². The Balaban J connectivity index is 0. The number of hydrogen-bond acceptors (Lipinski definition) is 7. The maximum atomic E-state index is 10.2. The minimum Gasteiger partial charge on any atom is -0.481 e. The quantitative estimate of drug-likeness (QED) is 0.184. The van der Waals surface area contributed by atoms with E-state index in [0.717, 1.165) is 43.1 Å². The molecule has 2 fully saturated rings. The van der Waals surface area contributed by atoms with Crippen LogP contribution in [0.15, 0.2) is 0 Å². The molecule has 0 aromatic rings. The molecule has 2 rings (SSSR count). The van der Waals surface area contributed by atoms with Crippen molar-refractivity contribution < 1.29 is 46.8 Å². The molecular weight excluding hydrogens is 504 g/mol. The summed E-state index contributed by atoms with van der Waals surface area (Å²) in [5.74, 6) is 0.384. The van der Waals surface area contributed by atoms with Crippen LogP contribution in [0.3, 0.4) is 0 Å². The molecule has 2 aliphatic rings. The second-order valence-electron chi connectivity index (χ2n) is 6.46. The molecule has 11 heteroatoms. The van der Waals surface area contributed by atoms with Gasteiger partial charge in [0.05, 0.1) is 0 Å². The second kappa shape index (κ2) is 21.6. The van der Waals surface area contributed by atoms with Gasteiger partial charge in [0.25, 0.3) is 5.97 Å². The fourth-order valence-corrected chi connectivity index (χ4v) is 8.48. The third-order valence-corrected chi connectivity index (χ3v) is 9.80. The third-order valence-electron chi connectivity index (χ3n) is 3.79. The van der Waals surface area contributed by atoms with E-state index < -0.39 is 17.9 Å². The van der Waals surface area contributed by atoms with Gasteiger partial charge in [0.1, 0.15) is 0 Å². The van der Waals surface area contributed by atoms with Gasteiger partial charge in [-0.15, -0.1) is 0 Å². The summed E-state index contributed by atoms with van der Waals surface area (Å²) >= 11 is 0. The molecule has 0 saturated carbocycles. The van der Waals surface area contributed by atoms with E-state index in [9.17, 15) is 9.59 Å². The second-order valence-corrected chi connectivity index (χ2v) is 12.0. The summed E-state index contributed by atoms with van der Waals surface area (Å²) in [6.45, 7) is 1.08. The van der Waals surface area contributed by atoms with Gasteiger partial charge in [0.2, 0.25) is 0 Å². The Morgan fingerprint density at radius 2 is 1.10 bits per heavy atom. The summed E-state index contributed by atoms with van der Waals surface area (Å²) in [6, 6.07) is 0. The predicted molar refractivity (Wildman–Crippen MR) is 122 cm³/mol. The molecular formula is C18H32CuO6S4+2. The Morgan fingerprint density at radius 3 is 1.34 bits per heavy atom. The van der Waals surface area contributed by atoms with Crippen molar-refractivity contribution in [2.24, 2.45) is 0 Å². The molecule has 0 amide bonds. The molecule has 173 valence electrons. The Labute approximate surface area is 200 Å². The van der Waals surface area contributed by atoms with Crippen molar-refractivity contribution in [1.82, 2.24) is 0 Å². The number of unbranched alkanes of at least 4 members (excludes halogenated alkanes) is 2. The van der Waals surface area contributed by atoms with Crippen LogP contribution in [0.1, 0.15) is 71.1 Å². The minimum atomic E-state index is -0.833. The van der Waals surface area contributed by atoms with Gasteiger partial charge in [-0.1, -0.05) is 56.0 Å². The predicted octanol–water partition coefficient (Wildman–Crippen LogP) is 5.66. The van der Waals surface area contributed by atoms with Crippen LogP contribution in [0.25, 0.3) is 0 Å². The van der Waals surface area contributed by atoms with Crippen molar-refractivity contribution in [3.05, 3.63) is 0 Å². The molecule has 0 bridgehead atoms. The molecule has 1 radical (unpaired) electrons. The van der Waals surface area contributed by atoms with Gasteiger partial charge in [-0.3, -0.25) is 14.4 Å². The fourth-order valence-electron chi connectivity index (χ4n) is 2.43. The molecule has 6 nitrogen and oxygen atoms in total. The van der Waals surface area contributed by atoms with Crippen LogP contribution in [0, 0.1) is 0 Å². The van der Waals surface area contributed by atoms with Gasteiger partial charge in [0.15, 0.2) is 0 Å². The summed E-state index contributed by atoms with van der Waals surface area (Å²) in [5, 5.41) is 25.8. The van der Waals surface area contributed by atoms with E-state index in [2.05, 4.69) is 0 Å². The normalized spacial score (nSPS) is 19.8. The summed E-state index contributed by atoms with van der Waals surface area (Å²) in [6.07, 6.45) is 9.53. The van der Waals surface area contributed by atoms with Crippen molar-refractivity contribution in [3.8, 4) is 0 Å². The maximum Gasteiger partial charge on any atom is 2.00 e. The third kappa shape index (κ3) is 24.5. The fraction of sp³-hybridized carbons (Fsp3) is 0.833. The van der Waals surface area contributed by atoms with E-state index in [1.165, 1.54) is 37.2 Å². The number of carbonyl (C=O) groups is 3. The van der Waals surface area contributed by atoms with Crippen LogP contribution in [-0.2, 0) is 31.5 Å². The molecule has 3 N–H and O–H groups in total. The van der Waals surface area contributed by atoms with Crippen molar-refractivity contribution >= 4 is 61.1 Å². The molecule has 0 aromatic heterocycles. The monoisotopic (exact) mass is 535 g/mol. The van der Waals surface area contributed by atoms with Gasteiger partial charge in [-0.05, 0) is 38.5 Å². The molecule has 2 aliphatic heterocycles. The average molecular weight is 536 g/mol. The maximum absolute atomic E-state index is 10.2. The Bertz CT molecular complexity index is 406. The van der Waals surface area contributed by atoms with Crippen LogP contribution in [0.4, 0.5) is 0 Å². The summed E-state index contributed by atoms with van der Waals surface area (Å²) in [4.78, 5) is 29.4. The van der Waals surface area contributed by atoms with E-state index in [-0.39, 0.29) is 17.1 Å². The first-order valence-corrected chi connectivity index (χ1v) is 14.3. The molecule has 2 atom stereocenters. The summed E-state index contributed by atoms with van der Waals surface area (Å²) in [7, 11) is 7.83. The van der Waals surface area contributed by atoms with E-state index in [1.54, 1.807) is 0 Å². The van der Waals surface area contributed by atoms with E-state index >= 15 is 0 Å². The SMILES string of the molecule is CC(=O)O.O=C(O)CCCCC1CCSS1.O=C(O)CCCCC1CCSS1.[Cu+2]. The van der Waals surface area contributed by atoms with Crippen LogP contribution < -0.4 is 0 Å². The van der Waals surface area contributed by atoms with E-state index in [4.69, 9.17) is 20.1 Å². The smallest absolute Gasteiger partial charge is 0.481 e. The van der Waals surface area contributed by atoms with Crippen molar-refractivity contribution in [1.29, 1.82) is 0 Å². The largest absolute Gasteiger partial charge is 2.00 e. The topological polar surface area (TPSA) is 112 Å². The number of hydrogen-bond donors (Lipinski definition) is 3. The van der Waals surface area contributed by atoms with Gasteiger partial charge in [-0.25, -0.2) is 0 Å². The zero-order chi connectivity index (χ0) is 21.2. The van der Waals surface area contributed by atoms with Crippen molar-refractivity contribution in [2.75, 3.05) is 11.5 Å². The Hall–Kier alpha value is 0.329. The Morgan fingerprint density at radius 1 is 0.759 bits per heavy atom. The first-order chi connectivity index (χ1) is 13.3. The molecule has 2 unspecified atom stereocenters. The molecule has 29 heavy (non-hydrogen) atoms. The number of carboxylic acid groups (broad SMARTS) is 3. The first-order valence-electron chi connectivity index (χ1n) is 9.51. The van der Waals surface area contributed by atoms with Crippen LogP contribution in [0.5, 0.6) is 0 Å². The summed E-state index contributed by atoms with van der Waals surface area (Å²) in [5.41, 5.74) is 0. The van der Waals surface area contributed by atoms with Gasteiger partial charge in [-0.2, -0.15) is 0 Å². The summed E-state index contributed by atoms with van der Waals surface area (Å²) < 4.78 is 0. The van der Waals surface area contributed by atoms with Gasteiger partial charge >= 0.3 is 29.0 Å². The average Bonchev–Trinajstić information content (AvgIpc) is 3.29. The molecule has 0 spiro atoms. The van der Waals surface area contributed by atoms with E-state index in [1.807, 2.05) is 43.2 Å².